The molecule has 0 saturated carbocycles. The van der Waals surface area contributed by atoms with Crippen molar-refractivity contribution in [3.05, 3.63) is 42.1 Å². The van der Waals surface area contributed by atoms with E-state index < -0.39 is 11.7 Å². The molecule has 0 aliphatic heterocycles. The van der Waals surface area contributed by atoms with Crippen LogP contribution in [0.15, 0.2) is 36.5 Å². The predicted molar refractivity (Wildman–Crippen MR) is 102 cm³/mol. The van der Waals surface area contributed by atoms with E-state index >= 15 is 0 Å². The molecule has 2 heterocycles. The van der Waals surface area contributed by atoms with Gasteiger partial charge in [0.25, 0.3) is 0 Å². The molecule has 0 amide bonds. The summed E-state index contributed by atoms with van der Waals surface area (Å²) in [4.78, 5) is 6.14. The van der Waals surface area contributed by atoms with Crippen LogP contribution in [0.2, 0.25) is 0 Å². The van der Waals surface area contributed by atoms with E-state index in [2.05, 4.69) is 10.1 Å². The number of ether oxygens (including phenoxy) is 1. The fourth-order valence-electron chi connectivity index (χ4n) is 2.99. The van der Waals surface area contributed by atoms with Gasteiger partial charge in [-0.05, 0) is 50.8 Å². The number of nitrogens with zero attached hydrogens (tertiary/aromatic N) is 5. The van der Waals surface area contributed by atoms with Crippen molar-refractivity contribution in [3.8, 4) is 23.1 Å². The normalized spacial score (nSPS) is 11.8. The molecule has 0 unspecified atom stereocenters. The Bertz CT molecular complexity index is 1040. The lowest BCUT2D eigenvalue weighted by Crippen LogP contribution is -2.16. The second-order valence-electron chi connectivity index (χ2n) is 6.75. The van der Waals surface area contributed by atoms with Gasteiger partial charge in [-0.3, -0.25) is 0 Å². The molecule has 0 fully saturated rings. The second kappa shape index (κ2) is 8.49. The monoisotopic (exact) mass is 403 g/mol. The molecule has 0 aliphatic carbocycles. The van der Waals surface area contributed by atoms with Crippen molar-refractivity contribution in [3.63, 3.8) is 0 Å². The summed E-state index contributed by atoms with van der Waals surface area (Å²) >= 11 is 0. The number of alkyl halides is 3. The van der Waals surface area contributed by atoms with E-state index in [1.807, 2.05) is 25.1 Å². The van der Waals surface area contributed by atoms with Crippen molar-refractivity contribution < 1.29 is 17.9 Å². The third-order valence-electron chi connectivity index (χ3n) is 4.29. The Labute approximate surface area is 166 Å². The maximum absolute atomic E-state index is 13.7. The largest absolute Gasteiger partial charge is 0.493 e. The number of nitriles is 1. The second-order valence-corrected chi connectivity index (χ2v) is 6.75. The topological polar surface area (TPSA) is 67.0 Å². The zero-order chi connectivity index (χ0) is 21.0. The Hall–Kier alpha value is -3.12. The zero-order valence-electron chi connectivity index (χ0n) is 16.1. The van der Waals surface area contributed by atoms with Gasteiger partial charge in [-0.15, -0.1) is 0 Å². The summed E-state index contributed by atoms with van der Waals surface area (Å²) in [5.41, 5.74) is 0.217. The van der Waals surface area contributed by atoms with Crippen LogP contribution in [-0.2, 0) is 12.7 Å². The van der Waals surface area contributed by atoms with Gasteiger partial charge in [0.05, 0.1) is 18.2 Å². The van der Waals surface area contributed by atoms with Crippen LogP contribution in [-0.4, -0.2) is 46.9 Å². The fraction of sp³-hybridized carbons (Fsp3) is 0.350. The number of halogens is 3. The highest BCUT2D eigenvalue weighted by Gasteiger charge is 2.35. The Kier molecular flexibility index (Phi) is 6.03. The van der Waals surface area contributed by atoms with Crippen molar-refractivity contribution in [1.82, 2.24) is 19.7 Å². The predicted octanol–water partition coefficient (Wildman–Crippen LogP) is 3.97. The van der Waals surface area contributed by atoms with Crippen LogP contribution in [0, 0.1) is 11.3 Å². The van der Waals surface area contributed by atoms with Crippen molar-refractivity contribution in [2.75, 3.05) is 27.2 Å². The molecule has 1 aromatic carbocycles. The van der Waals surface area contributed by atoms with E-state index in [1.165, 1.54) is 10.7 Å². The molecule has 0 spiro atoms. The lowest BCUT2D eigenvalue weighted by atomic mass is 10.0. The number of hydrogen-bond acceptors (Lipinski definition) is 5. The van der Waals surface area contributed by atoms with E-state index in [-0.39, 0.29) is 24.5 Å². The van der Waals surface area contributed by atoms with Crippen LogP contribution in [0.4, 0.5) is 13.2 Å². The summed E-state index contributed by atoms with van der Waals surface area (Å²) < 4.78 is 47.7. The summed E-state index contributed by atoms with van der Waals surface area (Å²) in [7, 11) is 3.78. The highest BCUT2D eigenvalue weighted by Crippen LogP contribution is 2.39. The minimum absolute atomic E-state index is 0.0489. The first kappa shape index (κ1) is 20.6. The number of rotatable bonds is 7. The molecule has 3 aromatic rings. The molecule has 0 bridgehead atoms. The van der Waals surface area contributed by atoms with Gasteiger partial charge >= 0.3 is 6.18 Å². The van der Waals surface area contributed by atoms with Gasteiger partial charge in [0.2, 0.25) is 0 Å². The Balaban J connectivity index is 1.99. The maximum Gasteiger partial charge on any atom is 0.419 e. The summed E-state index contributed by atoms with van der Waals surface area (Å²) in [6.45, 7) is 0.853. The van der Waals surface area contributed by atoms with Crippen molar-refractivity contribution >= 4 is 11.0 Å². The molecule has 2 aromatic heterocycles. The molecule has 0 atom stereocenters. The summed E-state index contributed by atoms with van der Waals surface area (Å²) in [6, 6.07) is 9.27. The average molecular weight is 403 g/mol. The molecule has 3 rings (SSSR count). The molecule has 152 valence electrons. The smallest absolute Gasteiger partial charge is 0.419 e. The number of fused-ring (bicyclic) bond motifs is 1. The number of hydrogen-bond donors (Lipinski definition) is 0. The van der Waals surface area contributed by atoms with Crippen LogP contribution >= 0.6 is 0 Å². The lowest BCUT2D eigenvalue weighted by Gasteiger charge is -2.16. The van der Waals surface area contributed by atoms with Crippen molar-refractivity contribution in [2.45, 2.75) is 19.1 Å². The van der Waals surface area contributed by atoms with E-state index in [0.717, 1.165) is 12.6 Å². The molecule has 6 nitrogen and oxygen atoms in total. The SMILES string of the molecule is CN(C)CCCOc1ccc(-c2nn(CC#N)c3ncccc23)cc1C(F)(F)F. The fourth-order valence-corrected chi connectivity index (χ4v) is 2.99. The van der Waals surface area contributed by atoms with E-state index in [9.17, 15) is 13.2 Å². The van der Waals surface area contributed by atoms with Crippen LogP contribution in [0.1, 0.15) is 12.0 Å². The molecule has 0 saturated heterocycles. The Morgan fingerprint density at radius 3 is 2.72 bits per heavy atom. The standard InChI is InChI=1S/C20H20F3N5O/c1-27(2)10-4-12-29-17-7-6-14(13-16(17)20(21,22)23)18-15-5-3-9-25-19(15)28(26-18)11-8-24/h3,5-7,9,13H,4,10-12H2,1-2H3. The molecule has 0 N–H and O–H groups in total. The Morgan fingerprint density at radius 1 is 1.24 bits per heavy atom. The van der Waals surface area contributed by atoms with Gasteiger partial charge < -0.3 is 9.64 Å². The first-order chi connectivity index (χ1) is 13.8. The van der Waals surface area contributed by atoms with Gasteiger partial charge in [0, 0.05) is 23.7 Å². The van der Waals surface area contributed by atoms with E-state index in [4.69, 9.17) is 10.00 Å². The quantitative estimate of drug-likeness (QED) is 0.559. The first-order valence-corrected chi connectivity index (χ1v) is 8.99. The highest BCUT2D eigenvalue weighted by molar-refractivity contribution is 5.91. The number of benzene rings is 1. The van der Waals surface area contributed by atoms with E-state index in [1.54, 1.807) is 24.4 Å². The van der Waals surface area contributed by atoms with Crippen LogP contribution < -0.4 is 4.74 Å². The molecular weight excluding hydrogens is 383 g/mol. The summed E-state index contributed by atoms with van der Waals surface area (Å²) in [5.74, 6) is -0.209. The number of aromatic nitrogens is 3. The van der Waals surface area contributed by atoms with Crippen molar-refractivity contribution in [2.24, 2.45) is 0 Å². The summed E-state index contributed by atoms with van der Waals surface area (Å²) in [5, 5.41) is 13.9. The third-order valence-corrected chi connectivity index (χ3v) is 4.29. The minimum Gasteiger partial charge on any atom is -0.493 e. The molecule has 0 radical (unpaired) electrons. The maximum atomic E-state index is 13.7. The Morgan fingerprint density at radius 2 is 2.03 bits per heavy atom. The van der Waals surface area contributed by atoms with Crippen LogP contribution in [0.5, 0.6) is 5.75 Å². The van der Waals surface area contributed by atoms with Crippen LogP contribution in [0.25, 0.3) is 22.3 Å². The average Bonchev–Trinajstić information content (AvgIpc) is 3.03. The van der Waals surface area contributed by atoms with Gasteiger partial charge in [0.1, 0.15) is 18.0 Å². The first-order valence-electron chi connectivity index (χ1n) is 8.99. The molecular formula is C20H20F3N5O. The minimum atomic E-state index is -4.57. The van der Waals surface area contributed by atoms with Gasteiger partial charge in [-0.25, -0.2) is 9.67 Å². The van der Waals surface area contributed by atoms with Gasteiger partial charge in [-0.2, -0.15) is 23.5 Å². The number of pyridine rings is 1. The van der Waals surface area contributed by atoms with Gasteiger partial charge in [0.15, 0.2) is 5.65 Å². The van der Waals surface area contributed by atoms with Crippen LogP contribution in [0.3, 0.4) is 0 Å². The van der Waals surface area contributed by atoms with Crippen molar-refractivity contribution in [1.29, 1.82) is 5.26 Å². The molecule has 9 heteroatoms. The van der Waals surface area contributed by atoms with Gasteiger partial charge in [-0.1, -0.05) is 0 Å². The van der Waals surface area contributed by atoms with E-state index in [0.29, 0.717) is 23.1 Å². The molecule has 0 aliphatic rings. The third kappa shape index (κ3) is 4.66. The zero-order valence-corrected chi connectivity index (χ0v) is 16.1. The highest BCUT2D eigenvalue weighted by atomic mass is 19.4. The molecule has 29 heavy (non-hydrogen) atoms. The lowest BCUT2D eigenvalue weighted by molar-refractivity contribution is -0.138. The summed E-state index contributed by atoms with van der Waals surface area (Å²) in [6.07, 6.45) is -2.41.